The van der Waals surface area contributed by atoms with Gasteiger partial charge in [0.2, 0.25) is 21.7 Å². The quantitative estimate of drug-likeness (QED) is 0.437. The number of piperidine rings is 1. The molecule has 0 bridgehead atoms. The highest BCUT2D eigenvalue weighted by molar-refractivity contribution is 7.88. The molecule has 35 heavy (non-hydrogen) atoms. The monoisotopic (exact) mass is 494 g/mol. The van der Waals surface area contributed by atoms with E-state index in [-0.39, 0.29) is 5.91 Å². The highest BCUT2D eigenvalue weighted by Gasteiger charge is 2.26. The fraction of sp³-hybridized carbons (Fsp3) is 0.333. The van der Waals surface area contributed by atoms with Crippen LogP contribution in [0.3, 0.4) is 0 Å². The van der Waals surface area contributed by atoms with Crippen LogP contribution in [-0.4, -0.2) is 57.5 Å². The Morgan fingerprint density at radius 2 is 2.00 bits per heavy atom. The third-order valence-electron chi connectivity index (χ3n) is 6.37. The minimum Gasteiger partial charge on any atom is -0.339 e. The van der Waals surface area contributed by atoms with Crippen molar-refractivity contribution in [1.82, 2.24) is 23.8 Å². The molecule has 1 aromatic carbocycles. The van der Waals surface area contributed by atoms with Gasteiger partial charge in [-0.2, -0.15) is 4.98 Å². The van der Waals surface area contributed by atoms with Crippen LogP contribution in [-0.2, 0) is 16.4 Å². The van der Waals surface area contributed by atoms with Crippen LogP contribution < -0.4 is 5.32 Å². The van der Waals surface area contributed by atoms with Crippen molar-refractivity contribution in [3.8, 4) is 11.4 Å². The lowest BCUT2D eigenvalue weighted by atomic mass is 9.95. The van der Waals surface area contributed by atoms with Crippen LogP contribution in [0.2, 0.25) is 0 Å². The van der Waals surface area contributed by atoms with Gasteiger partial charge in [0.25, 0.3) is 5.91 Å². The zero-order valence-electron chi connectivity index (χ0n) is 19.5. The smallest absolute Gasteiger partial charge is 0.274 e. The summed E-state index contributed by atoms with van der Waals surface area (Å²) in [5.74, 6) is 0.992. The summed E-state index contributed by atoms with van der Waals surface area (Å²) < 4.78 is 32.1. The molecule has 1 saturated heterocycles. The molecule has 4 heterocycles. The summed E-state index contributed by atoms with van der Waals surface area (Å²) in [6.45, 7) is 2.94. The van der Waals surface area contributed by atoms with E-state index < -0.39 is 10.0 Å². The number of rotatable bonds is 6. The summed E-state index contributed by atoms with van der Waals surface area (Å²) in [7, 11) is -3.15. The predicted molar refractivity (Wildman–Crippen MR) is 130 cm³/mol. The summed E-state index contributed by atoms with van der Waals surface area (Å²) in [6, 6.07) is 11.2. The average Bonchev–Trinajstić information content (AvgIpc) is 3.47. The number of fused-ring (bicyclic) bond motifs is 1. The van der Waals surface area contributed by atoms with Crippen molar-refractivity contribution in [2.24, 2.45) is 5.92 Å². The molecule has 1 amide bonds. The van der Waals surface area contributed by atoms with Gasteiger partial charge in [0.15, 0.2) is 0 Å². The van der Waals surface area contributed by atoms with Crippen LogP contribution in [0, 0.1) is 12.8 Å². The molecule has 1 fully saturated rings. The van der Waals surface area contributed by atoms with E-state index in [0.717, 1.165) is 24.0 Å². The van der Waals surface area contributed by atoms with Gasteiger partial charge in [-0.25, -0.2) is 17.7 Å². The van der Waals surface area contributed by atoms with Crippen LogP contribution >= 0.6 is 0 Å². The fourth-order valence-corrected chi connectivity index (χ4v) is 5.20. The van der Waals surface area contributed by atoms with Gasteiger partial charge in [0.1, 0.15) is 11.3 Å². The van der Waals surface area contributed by atoms with E-state index in [9.17, 15) is 13.2 Å². The first-order valence-corrected chi connectivity index (χ1v) is 13.2. The van der Waals surface area contributed by atoms with Crippen LogP contribution in [0.1, 0.15) is 34.8 Å². The lowest BCUT2D eigenvalue weighted by molar-refractivity contribution is 0.102. The highest BCUT2D eigenvalue weighted by atomic mass is 32.2. The molecule has 11 heteroatoms. The van der Waals surface area contributed by atoms with Crippen molar-refractivity contribution >= 4 is 27.3 Å². The third kappa shape index (κ3) is 4.96. The molecule has 10 nitrogen and oxygen atoms in total. The summed E-state index contributed by atoms with van der Waals surface area (Å²) in [5.41, 5.74) is 3.42. The maximum Gasteiger partial charge on any atom is 0.274 e. The minimum atomic E-state index is -3.15. The number of imidazole rings is 1. The number of hydrogen-bond acceptors (Lipinski definition) is 7. The first-order valence-electron chi connectivity index (χ1n) is 11.4. The molecule has 0 atom stereocenters. The Morgan fingerprint density at radius 3 is 2.77 bits per heavy atom. The number of sulfonamides is 1. The maximum atomic E-state index is 12.9. The second-order valence-electron chi connectivity index (χ2n) is 8.88. The number of anilines is 1. The molecular formula is C24H26N6O4S. The van der Waals surface area contributed by atoms with Gasteiger partial charge >= 0.3 is 0 Å². The second-order valence-corrected chi connectivity index (χ2v) is 10.9. The van der Waals surface area contributed by atoms with Crippen LogP contribution in [0.5, 0.6) is 0 Å². The van der Waals surface area contributed by atoms with Crippen molar-refractivity contribution in [1.29, 1.82) is 0 Å². The molecule has 0 aliphatic carbocycles. The number of nitrogens with one attached hydrogen (secondary N) is 1. The topological polar surface area (TPSA) is 123 Å². The Hall–Kier alpha value is -3.57. The summed E-state index contributed by atoms with van der Waals surface area (Å²) >= 11 is 0. The number of carbonyl (C=O) groups excluding carboxylic acids is 1. The Morgan fingerprint density at radius 1 is 1.20 bits per heavy atom. The van der Waals surface area contributed by atoms with E-state index in [2.05, 4.69) is 20.4 Å². The van der Waals surface area contributed by atoms with Gasteiger partial charge in [-0.3, -0.25) is 9.20 Å². The van der Waals surface area contributed by atoms with Crippen molar-refractivity contribution in [2.45, 2.75) is 26.2 Å². The number of benzene rings is 1. The largest absolute Gasteiger partial charge is 0.339 e. The number of hydrogen-bond donors (Lipinski definition) is 1. The zero-order valence-corrected chi connectivity index (χ0v) is 20.3. The van der Waals surface area contributed by atoms with Crippen molar-refractivity contribution in [2.75, 3.05) is 24.7 Å². The molecule has 0 spiro atoms. The Labute approximate surface area is 203 Å². The van der Waals surface area contributed by atoms with Gasteiger partial charge in [0, 0.05) is 37.0 Å². The van der Waals surface area contributed by atoms with E-state index in [1.807, 2.05) is 43.3 Å². The number of amides is 1. The van der Waals surface area contributed by atoms with E-state index in [4.69, 9.17) is 4.52 Å². The zero-order chi connectivity index (χ0) is 24.6. The number of aryl methyl sites for hydroxylation is 1. The molecular weight excluding hydrogens is 468 g/mol. The first kappa shape index (κ1) is 23.2. The molecule has 4 aromatic rings. The highest BCUT2D eigenvalue weighted by Crippen LogP contribution is 2.26. The Balaban J connectivity index is 1.28. The summed E-state index contributed by atoms with van der Waals surface area (Å²) in [5, 5.41) is 7.09. The summed E-state index contributed by atoms with van der Waals surface area (Å²) in [4.78, 5) is 21.8. The number of aromatic nitrogens is 4. The second kappa shape index (κ2) is 9.23. The molecule has 1 N–H and O–H groups in total. The van der Waals surface area contributed by atoms with Crippen molar-refractivity contribution in [3.63, 3.8) is 0 Å². The van der Waals surface area contributed by atoms with E-state index in [0.29, 0.717) is 54.2 Å². The van der Waals surface area contributed by atoms with Gasteiger partial charge in [0.05, 0.1) is 12.5 Å². The van der Waals surface area contributed by atoms with Gasteiger partial charge in [-0.05, 0) is 49.4 Å². The number of carbonyl (C=O) groups is 1. The molecule has 182 valence electrons. The van der Waals surface area contributed by atoms with Crippen LogP contribution in [0.4, 0.5) is 5.69 Å². The molecule has 1 aliphatic heterocycles. The molecule has 1 aliphatic rings. The minimum absolute atomic E-state index is 0.266. The van der Waals surface area contributed by atoms with Crippen LogP contribution in [0.25, 0.3) is 17.0 Å². The SMILES string of the molecule is Cc1ccc(-c2noc(CC3CCN(S(C)(=O)=O)CC3)n2)cc1NC(=O)c1cnc2ccccn12. The maximum absolute atomic E-state index is 12.9. The Bertz CT molecular complexity index is 1480. The lowest BCUT2D eigenvalue weighted by Gasteiger charge is -2.29. The lowest BCUT2D eigenvalue weighted by Crippen LogP contribution is -2.38. The molecule has 0 unspecified atom stereocenters. The van der Waals surface area contributed by atoms with Gasteiger partial charge in [-0.15, -0.1) is 0 Å². The normalized spacial score (nSPS) is 15.5. The molecule has 5 rings (SSSR count). The predicted octanol–water partition coefficient (Wildman–Crippen LogP) is 3.16. The molecule has 0 radical (unpaired) electrons. The average molecular weight is 495 g/mol. The first-order chi connectivity index (χ1) is 16.8. The van der Waals surface area contributed by atoms with Crippen molar-refractivity contribution < 1.29 is 17.7 Å². The summed E-state index contributed by atoms with van der Waals surface area (Å²) in [6.07, 6.45) is 6.72. The number of pyridine rings is 1. The van der Waals surface area contributed by atoms with Gasteiger partial charge in [-0.1, -0.05) is 23.4 Å². The van der Waals surface area contributed by atoms with E-state index in [1.54, 1.807) is 16.8 Å². The standard InChI is InChI=1S/C24H26N6O4S/c1-16-6-7-18(14-19(16)26-24(31)20-15-25-21-5-3-4-10-30(20)21)23-27-22(34-28-23)13-17-8-11-29(12-9-17)35(2,32)33/h3-7,10,14-15,17H,8-9,11-13H2,1-2H3,(H,26,31). The van der Waals surface area contributed by atoms with Gasteiger partial charge < -0.3 is 9.84 Å². The van der Waals surface area contributed by atoms with E-state index >= 15 is 0 Å². The van der Waals surface area contributed by atoms with E-state index in [1.165, 1.54) is 10.6 Å². The molecule has 3 aromatic heterocycles. The van der Waals surface area contributed by atoms with Crippen molar-refractivity contribution in [3.05, 3.63) is 65.9 Å². The van der Waals surface area contributed by atoms with Crippen LogP contribution in [0.15, 0.2) is 53.3 Å². The Kier molecular flexibility index (Phi) is 6.12. The molecule has 0 saturated carbocycles. The number of nitrogens with zero attached hydrogens (tertiary/aromatic N) is 5. The fourth-order valence-electron chi connectivity index (χ4n) is 4.33. The third-order valence-corrected chi connectivity index (χ3v) is 7.67.